The number of hydrogen-bond donors (Lipinski definition) is 3. The average molecular weight is 280 g/mol. The quantitative estimate of drug-likeness (QED) is 0.584. The van der Waals surface area contributed by atoms with E-state index in [1.165, 1.54) is 12.1 Å². The van der Waals surface area contributed by atoms with Crippen LogP contribution in [-0.2, 0) is 10.1 Å². The van der Waals surface area contributed by atoms with Crippen molar-refractivity contribution in [1.29, 1.82) is 0 Å². The van der Waals surface area contributed by atoms with Gasteiger partial charge >= 0.3 is 0 Å². The standard InChI is InChI=1S/C12H12N2O4S/c13-9-6-7-10(11(14)12(9)19(15,16)17)18-8-4-2-1-3-5-8/h1-7H,13-14H2,(H,15,16,17). The minimum atomic E-state index is -4.51. The second kappa shape index (κ2) is 4.79. The highest BCUT2D eigenvalue weighted by Gasteiger charge is 2.21. The molecule has 6 nitrogen and oxygen atoms in total. The van der Waals surface area contributed by atoms with Gasteiger partial charge in [0.05, 0.1) is 11.4 Å². The van der Waals surface area contributed by atoms with Crippen LogP contribution in [0.25, 0.3) is 0 Å². The number of hydrogen-bond acceptors (Lipinski definition) is 5. The van der Waals surface area contributed by atoms with Gasteiger partial charge in [-0.2, -0.15) is 8.42 Å². The Morgan fingerprint density at radius 3 is 2.21 bits per heavy atom. The molecule has 0 spiro atoms. The maximum atomic E-state index is 11.2. The monoisotopic (exact) mass is 280 g/mol. The Hall–Kier alpha value is -2.25. The van der Waals surface area contributed by atoms with Gasteiger partial charge in [0, 0.05) is 0 Å². The Morgan fingerprint density at radius 1 is 1.00 bits per heavy atom. The van der Waals surface area contributed by atoms with Crippen molar-refractivity contribution < 1.29 is 17.7 Å². The maximum Gasteiger partial charge on any atom is 0.298 e. The lowest BCUT2D eigenvalue weighted by Gasteiger charge is -2.12. The van der Waals surface area contributed by atoms with Crippen molar-refractivity contribution in [3.63, 3.8) is 0 Å². The normalized spacial score (nSPS) is 11.2. The number of para-hydroxylation sites is 1. The number of nitrogens with two attached hydrogens (primary N) is 2. The number of rotatable bonds is 3. The molecule has 0 atom stereocenters. The predicted octanol–water partition coefficient (Wildman–Crippen LogP) is 1.89. The summed E-state index contributed by atoms with van der Waals surface area (Å²) in [5, 5.41) is 0. The summed E-state index contributed by atoms with van der Waals surface area (Å²) >= 11 is 0. The molecule has 2 aromatic carbocycles. The van der Waals surface area contributed by atoms with Gasteiger partial charge in [0.1, 0.15) is 10.6 Å². The highest BCUT2D eigenvalue weighted by atomic mass is 32.2. The summed E-state index contributed by atoms with van der Waals surface area (Å²) in [6, 6.07) is 11.4. The lowest BCUT2D eigenvalue weighted by atomic mass is 10.2. The van der Waals surface area contributed by atoms with E-state index in [1.807, 2.05) is 6.07 Å². The Kier molecular flexibility index (Phi) is 3.32. The first-order valence-corrected chi connectivity index (χ1v) is 6.72. The highest BCUT2D eigenvalue weighted by Crippen LogP contribution is 2.35. The van der Waals surface area contributed by atoms with Crippen LogP contribution in [-0.4, -0.2) is 13.0 Å². The van der Waals surface area contributed by atoms with E-state index in [9.17, 15) is 8.42 Å². The lowest BCUT2D eigenvalue weighted by Crippen LogP contribution is -2.08. The third-order valence-corrected chi connectivity index (χ3v) is 3.39. The minimum Gasteiger partial charge on any atom is -0.455 e. The van der Waals surface area contributed by atoms with E-state index in [1.54, 1.807) is 24.3 Å². The van der Waals surface area contributed by atoms with E-state index in [2.05, 4.69) is 0 Å². The van der Waals surface area contributed by atoms with Gasteiger partial charge in [-0.15, -0.1) is 0 Å². The number of ether oxygens (including phenoxy) is 1. The molecule has 2 rings (SSSR count). The van der Waals surface area contributed by atoms with Gasteiger partial charge in [0.2, 0.25) is 0 Å². The van der Waals surface area contributed by atoms with Crippen LogP contribution >= 0.6 is 0 Å². The SMILES string of the molecule is Nc1ccc(Oc2ccccc2)c(N)c1S(=O)(=O)O. The molecule has 0 heterocycles. The largest absolute Gasteiger partial charge is 0.455 e. The first-order chi connectivity index (χ1) is 8.89. The summed E-state index contributed by atoms with van der Waals surface area (Å²) in [5.74, 6) is 0.591. The smallest absolute Gasteiger partial charge is 0.298 e. The molecule has 19 heavy (non-hydrogen) atoms. The van der Waals surface area contributed by atoms with Gasteiger partial charge in [-0.3, -0.25) is 4.55 Å². The molecule has 0 saturated carbocycles. The van der Waals surface area contributed by atoms with Crippen LogP contribution in [0.2, 0.25) is 0 Å². The zero-order chi connectivity index (χ0) is 14.0. The summed E-state index contributed by atoms with van der Waals surface area (Å²) in [7, 11) is -4.51. The molecule has 0 radical (unpaired) electrons. The summed E-state index contributed by atoms with van der Waals surface area (Å²) in [6.07, 6.45) is 0. The molecule has 0 fully saturated rings. The molecule has 0 unspecified atom stereocenters. The van der Waals surface area contributed by atoms with Crippen LogP contribution in [0, 0.1) is 0 Å². The molecular weight excluding hydrogens is 268 g/mol. The molecular formula is C12H12N2O4S. The van der Waals surface area contributed by atoms with Gasteiger partial charge in [0.25, 0.3) is 10.1 Å². The second-order valence-corrected chi connectivity index (χ2v) is 5.14. The van der Waals surface area contributed by atoms with Gasteiger partial charge in [0.15, 0.2) is 5.75 Å². The third kappa shape index (κ3) is 2.78. The summed E-state index contributed by atoms with van der Waals surface area (Å²) in [4.78, 5) is -0.541. The van der Waals surface area contributed by atoms with Crippen molar-refractivity contribution in [1.82, 2.24) is 0 Å². The van der Waals surface area contributed by atoms with Gasteiger partial charge in [-0.05, 0) is 24.3 Å². The van der Waals surface area contributed by atoms with Crippen molar-refractivity contribution in [2.45, 2.75) is 4.90 Å². The molecule has 0 amide bonds. The number of anilines is 2. The summed E-state index contributed by atoms with van der Waals surface area (Å²) in [5.41, 5.74) is 10.8. The Labute approximate surface area is 110 Å². The molecule has 100 valence electrons. The lowest BCUT2D eigenvalue weighted by molar-refractivity contribution is 0.475. The van der Waals surface area contributed by atoms with Crippen LogP contribution in [0.5, 0.6) is 11.5 Å². The molecule has 0 bridgehead atoms. The number of nitrogen functional groups attached to an aromatic ring is 2. The molecule has 0 aliphatic carbocycles. The molecule has 0 aliphatic heterocycles. The maximum absolute atomic E-state index is 11.2. The number of benzene rings is 2. The van der Waals surface area contributed by atoms with Crippen LogP contribution < -0.4 is 16.2 Å². The van der Waals surface area contributed by atoms with Crippen molar-refractivity contribution in [2.24, 2.45) is 0 Å². The fourth-order valence-electron chi connectivity index (χ4n) is 1.59. The Balaban J connectivity index is 2.50. The van der Waals surface area contributed by atoms with Gasteiger partial charge in [-0.1, -0.05) is 18.2 Å². The summed E-state index contributed by atoms with van der Waals surface area (Å²) in [6.45, 7) is 0. The van der Waals surface area contributed by atoms with Crippen LogP contribution in [0.4, 0.5) is 11.4 Å². The fraction of sp³-hybridized carbons (Fsp3) is 0. The van der Waals surface area contributed by atoms with E-state index in [-0.39, 0.29) is 17.1 Å². The van der Waals surface area contributed by atoms with E-state index in [0.29, 0.717) is 5.75 Å². The van der Waals surface area contributed by atoms with Crippen molar-refractivity contribution in [3.05, 3.63) is 42.5 Å². The van der Waals surface area contributed by atoms with E-state index >= 15 is 0 Å². The van der Waals surface area contributed by atoms with E-state index in [4.69, 9.17) is 20.8 Å². The van der Waals surface area contributed by atoms with Gasteiger partial charge < -0.3 is 16.2 Å². The third-order valence-electron chi connectivity index (χ3n) is 2.42. The van der Waals surface area contributed by atoms with Crippen molar-refractivity contribution >= 4 is 21.5 Å². The predicted molar refractivity (Wildman–Crippen MR) is 71.6 cm³/mol. The molecule has 0 saturated heterocycles. The molecule has 0 aromatic heterocycles. The molecule has 0 aliphatic rings. The first kappa shape index (κ1) is 13.2. The average Bonchev–Trinajstić information content (AvgIpc) is 2.32. The van der Waals surface area contributed by atoms with E-state index in [0.717, 1.165) is 0 Å². The molecule has 2 aromatic rings. The zero-order valence-corrected chi connectivity index (χ0v) is 10.6. The Bertz CT molecular complexity index is 699. The second-order valence-electron chi connectivity index (χ2n) is 3.79. The van der Waals surface area contributed by atoms with Crippen LogP contribution in [0.1, 0.15) is 0 Å². The molecule has 5 N–H and O–H groups in total. The van der Waals surface area contributed by atoms with Crippen LogP contribution in [0.15, 0.2) is 47.4 Å². The topological polar surface area (TPSA) is 116 Å². The highest BCUT2D eigenvalue weighted by molar-refractivity contribution is 7.86. The van der Waals surface area contributed by atoms with Gasteiger partial charge in [-0.25, -0.2) is 0 Å². The fourth-order valence-corrected chi connectivity index (χ4v) is 2.34. The summed E-state index contributed by atoms with van der Waals surface area (Å²) < 4.78 is 37.0. The molecule has 7 heteroatoms. The van der Waals surface area contributed by atoms with Crippen molar-refractivity contribution in [3.8, 4) is 11.5 Å². The van der Waals surface area contributed by atoms with Crippen molar-refractivity contribution in [2.75, 3.05) is 11.5 Å². The Morgan fingerprint density at radius 2 is 1.63 bits per heavy atom. The minimum absolute atomic E-state index is 0.105. The van der Waals surface area contributed by atoms with E-state index < -0.39 is 15.0 Å². The van der Waals surface area contributed by atoms with Crippen LogP contribution in [0.3, 0.4) is 0 Å². The first-order valence-electron chi connectivity index (χ1n) is 5.28. The zero-order valence-electron chi connectivity index (χ0n) is 9.78.